The van der Waals surface area contributed by atoms with Gasteiger partial charge in [-0.05, 0) is 122 Å². The van der Waals surface area contributed by atoms with Gasteiger partial charge < -0.3 is 4.57 Å². The van der Waals surface area contributed by atoms with Gasteiger partial charge in [0, 0.05) is 5.30 Å². The Hall–Kier alpha value is -4.45. The summed E-state index contributed by atoms with van der Waals surface area (Å²) in [5.41, 5.74) is 13.0. The van der Waals surface area contributed by atoms with Crippen molar-refractivity contribution in [2.75, 3.05) is 13.3 Å². The topological polar surface area (TPSA) is 17.1 Å². The van der Waals surface area contributed by atoms with Crippen LogP contribution in [0.15, 0.2) is 115 Å². The molecule has 0 saturated heterocycles. The molecule has 0 bridgehead atoms. The van der Waals surface area contributed by atoms with Crippen LogP contribution in [0.4, 0.5) is 0 Å². The Morgan fingerprint density at radius 1 is 0.500 bits per heavy atom. The summed E-state index contributed by atoms with van der Waals surface area (Å²) >= 11 is 0. The molecule has 0 radical (unpaired) electrons. The molecule has 0 atom stereocenters. The smallest absolute Gasteiger partial charge is 0.109 e. The number of fused-ring (bicyclic) bond motifs is 4. The van der Waals surface area contributed by atoms with E-state index in [1.165, 1.54) is 71.6 Å². The highest BCUT2D eigenvalue weighted by Crippen LogP contribution is 2.46. The Kier molecular flexibility index (Phi) is 6.55. The first-order valence-corrected chi connectivity index (χ1v) is 18.3. The molecule has 1 nitrogen and oxygen atoms in total. The molecule has 0 aromatic heterocycles. The van der Waals surface area contributed by atoms with Crippen LogP contribution >= 0.6 is 7.14 Å². The second-order valence-electron chi connectivity index (χ2n) is 12.7. The van der Waals surface area contributed by atoms with Crippen LogP contribution in [0.1, 0.15) is 35.1 Å². The van der Waals surface area contributed by atoms with E-state index < -0.39 is 7.14 Å². The van der Waals surface area contributed by atoms with Gasteiger partial charge in [-0.3, -0.25) is 0 Å². The van der Waals surface area contributed by atoms with Gasteiger partial charge in [0.05, 0.1) is 0 Å². The lowest BCUT2D eigenvalue weighted by molar-refractivity contribution is 0.588. The van der Waals surface area contributed by atoms with Gasteiger partial charge in [-0.15, -0.1) is 0 Å². The summed E-state index contributed by atoms with van der Waals surface area (Å²) in [6, 6.07) is 38.3. The first-order chi connectivity index (χ1) is 21.4. The summed E-state index contributed by atoms with van der Waals surface area (Å²) in [6.07, 6.45) is 13.4. The van der Waals surface area contributed by atoms with Crippen LogP contribution < -0.4 is 5.30 Å². The normalized spacial score (nSPS) is 14.1. The van der Waals surface area contributed by atoms with Crippen LogP contribution in [-0.2, 0) is 17.4 Å². The van der Waals surface area contributed by atoms with Gasteiger partial charge in [0.25, 0.3) is 0 Å². The van der Waals surface area contributed by atoms with Crippen LogP contribution in [0.25, 0.3) is 67.1 Å². The van der Waals surface area contributed by atoms with Crippen LogP contribution in [0.2, 0.25) is 0 Å². The lowest BCUT2D eigenvalue weighted by atomic mass is 9.83. The molecule has 2 aliphatic rings. The van der Waals surface area contributed by atoms with Crippen molar-refractivity contribution in [2.45, 2.75) is 25.7 Å². The average Bonchev–Trinajstić information content (AvgIpc) is 3.06. The SMILES string of the molecule is CP(C)(=O)c1ccc(-c2ccc3c(-c4ccc5c(c4)CCC=C5)c4ccccc4c(-c4ccc5c(c4)CCC=C5)c3c2)cc1. The molecule has 0 saturated carbocycles. The van der Waals surface area contributed by atoms with E-state index in [1.807, 2.05) is 25.5 Å². The third-order valence-corrected chi connectivity index (χ3v) is 11.0. The van der Waals surface area contributed by atoms with Crippen LogP contribution in [0, 0.1) is 0 Å². The molecule has 44 heavy (non-hydrogen) atoms. The number of allylic oxidation sites excluding steroid dienone is 2. The van der Waals surface area contributed by atoms with Gasteiger partial charge in [-0.2, -0.15) is 0 Å². The maximum atomic E-state index is 12.7. The molecular formula is C42H35OP. The van der Waals surface area contributed by atoms with Gasteiger partial charge in [0.2, 0.25) is 0 Å². The largest absolute Gasteiger partial charge is 0.319 e. The fraction of sp³-hybridized carbons (Fsp3) is 0.143. The lowest BCUT2D eigenvalue weighted by Gasteiger charge is -2.21. The zero-order valence-corrected chi connectivity index (χ0v) is 26.2. The minimum atomic E-state index is -2.31. The van der Waals surface area contributed by atoms with E-state index in [9.17, 15) is 4.57 Å². The molecule has 0 unspecified atom stereocenters. The minimum Gasteiger partial charge on any atom is -0.319 e. The van der Waals surface area contributed by atoms with Gasteiger partial charge >= 0.3 is 0 Å². The fourth-order valence-electron chi connectivity index (χ4n) is 7.17. The third kappa shape index (κ3) is 4.68. The highest BCUT2D eigenvalue weighted by Gasteiger charge is 2.20. The molecule has 2 aliphatic carbocycles. The predicted octanol–water partition coefficient (Wildman–Crippen LogP) is 11.2. The fourth-order valence-corrected chi connectivity index (χ4v) is 8.04. The zero-order chi connectivity index (χ0) is 29.8. The third-order valence-electron chi connectivity index (χ3n) is 9.47. The van der Waals surface area contributed by atoms with Gasteiger partial charge in [-0.1, -0.05) is 121 Å². The summed E-state index contributed by atoms with van der Waals surface area (Å²) in [5.74, 6) is 0. The zero-order valence-electron chi connectivity index (χ0n) is 25.3. The molecule has 0 amide bonds. The summed E-state index contributed by atoms with van der Waals surface area (Å²) in [6.45, 7) is 3.67. The van der Waals surface area contributed by atoms with Crippen LogP contribution in [0.5, 0.6) is 0 Å². The van der Waals surface area contributed by atoms with Crippen LogP contribution in [-0.4, -0.2) is 13.3 Å². The highest BCUT2D eigenvalue weighted by molar-refractivity contribution is 7.70. The summed E-state index contributed by atoms with van der Waals surface area (Å²) < 4.78 is 12.7. The first-order valence-electron chi connectivity index (χ1n) is 15.7. The van der Waals surface area contributed by atoms with Crippen molar-refractivity contribution in [1.82, 2.24) is 0 Å². The van der Waals surface area contributed by atoms with E-state index in [4.69, 9.17) is 0 Å². The number of aryl methyl sites for hydroxylation is 2. The second-order valence-corrected chi connectivity index (χ2v) is 15.9. The Balaban J connectivity index is 1.43. The Morgan fingerprint density at radius 3 is 1.57 bits per heavy atom. The van der Waals surface area contributed by atoms with Gasteiger partial charge in [0.15, 0.2) is 0 Å². The monoisotopic (exact) mass is 586 g/mol. The molecular weight excluding hydrogens is 551 g/mol. The molecule has 0 fully saturated rings. The lowest BCUT2D eigenvalue weighted by Crippen LogP contribution is -2.01. The van der Waals surface area contributed by atoms with Crippen molar-refractivity contribution in [3.8, 4) is 33.4 Å². The Bertz CT molecular complexity index is 2210. The molecule has 6 aromatic rings. The predicted molar refractivity (Wildman–Crippen MR) is 192 cm³/mol. The van der Waals surface area contributed by atoms with E-state index >= 15 is 0 Å². The molecule has 6 aromatic carbocycles. The summed E-state index contributed by atoms with van der Waals surface area (Å²) in [5, 5.41) is 6.03. The van der Waals surface area contributed by atoms with Crippen molar-refractivity contribution < 1.29 is 4.57 Å². The summed E-state index contributed by atoms with van der Waals surface area (Å²) in [4.78, 5) is 0. The number of benzene rings is 6. The van der Waals surface area contributed by atoms with E-state index in [2.05, 4.69) is 115 Å². The number of hydrogen-bond acceptors (Lipinski definition) is 1. The van der Waals surface area contributed by atoms with Gasteiger partial charge in [0.1, 0.15) is 7.14 Å². The maximum Gasteiger partial charge on any atom is 0.109 e. The molecule has 0 aliphatic heterocycles. The van der Waals surface area contributed by atoms with E-state index in [0.29, 0.717) is 0 Å². The Morgan fingerprint density at radius 2 is 1.00 bits per heavy atom. The van der Waals surface area contributed by atoms with E-state index in [0.717, 1.165) is 36.6 Å². The van der Waals surface area contributed by atoms with Crippen LogP contribution in [0.3, 0.4) is 0 Å². The van der Waals surface area contributed by atoms with E-state index in [1.54, 1.807) is 0 Å². The van der Waals surface area contributed by atoms with Gasteiger partial charge in [-0.25, -0.2) is 0 Å². The van der Waals surface area contributed by atoms with Crippen molar-refractivity contribution in [3.05, 3.63) is 138 Å². The first kappa shape index (κ1) is 27.1. The van der Waals surface area contributed by atoms with Crippen molar-refractivity contribution >= 4 is 46.1 Å². The van der Waals surface area contributed by atoms with Crippen molar-refractivity contribution in [3.63, 3.8) is 0 Å². The molecule has 214 valence electrons. The van der Waals surface area contributed by atoms with E-state index in [-0.39, 0.29) is 0 Å². The average molecular weight is 587 g/mol. The van der Waals surface area contributed by atoms with Crippen molar-refractivity contribution in [1.29, 1.82) is 0 Å². The number of rotatable bonds is 4. The quantitative estimate of drug-likeness (QED) is 0.148. The standard InChI is InChI=1S/C42H35OP/c1-44(2,43)36-22-19-30(20-23-36)33-21-24-39-40(27-33)42(35-18-16-29-10-4-6-12-32(29)26-35)38-14-8-7-13-37(38)41(39)34-17-15-28-9-3-5-11-31(28)25-34/h3-4,7-10,13-27H,5-6,11-12H2,1-2H3. The minimum absolute atomic E-state index is 0.918. The Labute approximate surface area is 260 Å². The highest BCUT2D eigenvalue weighted by atomic mass is 31.2. The second kappa shape index (κ2) is 10.6. The number of hydrogen-bond donors (Lipinski definition) is 0. The molecule has 0 N–H and O–H groups in total. The molecule has 0 spiro atoms. The summed E-state index contributed by atoms with van der Waals surface area (Å²) in [7, 11) is -2.31. The van der Waals surface area contributed by atoms with Crippen molar-refractivity contribution in [2.24, 2.45) is 0 Å². The molecule has 8 rings (SSSR count). The molecule has 2 heteroatoms. The molecule has 0 heterocycles. The maximum absolute atomic E-state index is 12.7.